The Labute approximate surface area is 120 Å². The monoisotopic (exact) mass is 325 g/mol. The van der Waals surface area contributed by atoms with Crippen LogP contribution < -0.4 is 0 Å². The molecule has 0 bridgehead atoms. The van der Waals surface area contributed by atoms with Gasteiger partial charge in [-0.1, -0.05) is 12.1 Å². The number of carboxylic acid groups (broad SMARTS) is 1. The second-order valence-electron chi connectivity index (χ2n) is 4.48. The predicted octanol–water partition coefficient (Wildman–Crippen LogP) is 1.94. The summed E-state index contributed by atoms with van der Waals surface area (Å²) in [7, 11) is -2.89. The lowest BCUT2D eigenvalue weighted by Gasteiger charge is -2.20. The van der Waals surface area contributed by atoms with E-state index in [1.54, 1.807) is 0 Å². The Hall–Kier alpha value is -1.61. The van der Waals surface area contributed by atoms with Crippen LogP contribution in [0.15, 0.2) is 24.3 Å². The Morgan fingerprint density at radius 2 is 1.76 bits per heavy atom. The normalized spacial score (nSPS) is 14.2. The van der Waals surface area contributed by atoms with Gasteiger partial charge in [-0.25, -0.2) is 8.42 Å². The van der Waals surface area contributed by atoms with Crippen molar-refractivity contribution < 1.29 is 31.5 Å². The molecule has 0 aliphatic heterocycles. The highest BCUT2D eigenvalue weighted by Gasteiger charge is 2.32. The third-order valence-electron chi connectivity index (χ3n) is 2.92. The Morgan fingerprint density at radius 1 is 1.29 bits per heavy atom. The van der Waals surface area contributed by atoms with Crippen LogP contribution in [0.2, 0.25) is 0 Å². The summed E-state index contributed by atoms with van der Waals surface area (Å²) in [4.78, 5) is 10.7. The Bertz CT molecular complexity index is 610. The maximum absolute atomic E-state index is 12.4. The van der Waals surface area contributed by atoms with Gasteiger partial charge in [0, 0.05) is 13.6 Å². The lowest BCUT2D eigenvalue weighted by Crippen LogP contribution is -2.38. The van der Waals surface area contributed by atoms with Crippen molar-refractivity contribution in [2.24, 2.45) is 0 Å². The molecule has 0 radical (unpaired) electrons. The van der Waals surface area contributed by atoms with Crippen LogP contribution in [0, 0.1) is 0 Å². The molecule has 1 aromatic rings. The molecule has 0 spiro atoms. The van der Waals surface area contributed by atoms with Gasteiger partial charge in [-0.15, -0.1) is 0 Å². The molecular formula is C12H14F3NO4S. The van der Waals surface area contributed by atoms with Crippen LogP contribution in [0.3, 0.4) is 0 Å². The number of benzene rings is 1. The second kappa shape index (κ2) is 6.02. The molecule has 1 rings (SSSR count). The highest BCUT2D eigenvalue weighted by molar-refractivity contribution is 7.90. The zero-order valence-corrected chi connectivity index (χ0v) is 12.1. The minimum atomic E-state index is -4.46. The molecule has 0 aliphatic rings. The van der Waals surface area contributed by atoms with E-state index in [0.29, 0.717) is 5.56 Å². The van der Waals surface area contributed by atoms with Gasteiger partial charge in [-0.2, -0.15) is 17.5 Å². The number of hydrogen-bond donors (Lipinski definition) is 1. The van der Waals surface area contributed by atoms with Crippen molar-refractivity contribution in [2.45, 2.75) is 24.9 Å². The van der Waals surface area contributed by atoms with Gasteiger partial charge in [-0.3, -0.25) is 4.79 Å². The van der Waals surface area contributed by atoms with Gasteiger partial charge in [0.05, 0.1) is 5.56 Å². The summed E-state index contributed by atoms with van der Waals surface area (Å²) in [5.74, 6) is -1.49. The molecular weight excluding hydrogens is 311 g/mol. The van der Waals surface area contributed by atoms with Crippen LogP contribution in [0.5, 0.6) is 0 Å². The first-order valence-electron chi connectivity index (χ1n) is 5.80. The number of carboxylic acids is 1. The molecule has 0 heterocycles. The number of aliphatic carboxylic acids is 1. The minimum absolute atomic E-state index is 0.210. The molecule has 1 unspecified atom stereocenters. The van der Waals surface area contributed by atoms with E-state index in [4.69, 9.17) is 5.11 Å². The van der Waals surface area contributed by atoms with Crippen LogP contribution in [0.4, 0.5) is 13.2 Å². The first-order valence-corrected chi connectivity index (χ1v) is 7.30. The van der Waals surface area contributed by atoms with Gasteiger partial charge in [-0.05, 0) is 24.6 Å². The summed E-state index contributed by atoms with van der Waals surface area (Å²) in [6.07, 6.45) is -4.46. The molecule has 0 saturated carbocycles. The fourth-order valence-corrected chi connectivity index (χ4v) is 2.67. The van der Waals surface area contributed by atoms with Crippen molar-refractivity contribution in [1.82, 2.24) is 4.31 Å². The summed E-state index contributed by atoms with van der Waals surface area (Å²) >= 11 is 0. The molecule has 0 aromatic heterocycles. The van der Waals surface area contributed by atoms with Crippen molar-refractivity contribution in [1.29, 1.82) is 0 Å². The van der Waals surface area contributed by atoms with Crippen molar-refractivity contribution in [3.63, 3.8) is 0 Å². The van der Waals surface area contributed by atoms with Gasteiger partial charge in [0.2, 0.25) is 10.0 Å². The molecule has 1 N–H and O–H groups in total. The molecule has 0 saturated heterocycles. The topological polar surface area (TPSA) is 74.7 Å². The predicted molar refractivity (Wildman–Crippen MR) is 68.9 cm³/mol. The summed E-state index contributed by atoms with van der Waals surface area (Å²) in [5.41, 5.74) is -0.512. The number of rotatable bonds is 5. The highest BCUT2D eigenvalue weighted by atomic mass is 32.2. The van der Waals surface area contributed by atoms with Crippen LogP contribution in [-0.4, -0.2) is 36.1 Å². The standard InChI is InChI=1S/C12H14F3NO4S/c1-8(11(17)18)21(19,20)16(2)7-9-3-5-10(6-4-9)12(13,14)15/h3-6,8H,7H2,1-2H3,(H,17,18). The first-order chi connectivity index (χ1) is 9.46. The number of halogens is 3. The summed E-state index contributed by atoms with van der Waals surface area (Å²) < 4.78 is 61.7. The van der Waals surface area contributed by atoms with Crippen LogP contribution in [0.1, 0.15) is 18.1 Å². The molecule has 1 atom stereocenters. The van der Waals surface area contributed by atoms with E-state index >= 15 is 0 Å². The third-order valence-corrected chi connectivity index (χ3v) is 5.01. The highest BCUT2D eigenvalue weighted by Crippen LogP contribution is 2.29. The lowest BCUT2D eigenvalue weighted by atomic mass is 10.1. The summed E-state index contributed by atoms with van der Waals surface area (Å²) in [6, 6.07) is 3.99. The molecule has 0 amide bonds. The summed E-state index contributed by atoms with van der Waals surface area (Å²) in [6.45, 7) is 0.818. The quantitative estimate of drug-likeness (QED) is 0.898. The Kier molecular flexibility index (Phi) is 5.00. The molecule has 0 fully saturated rings. The first kappa shape index (κ1) is 17.4. The van der Waals surface area contributed by atoms with Crippen molar-refractivity contribution in [3.8, 4) is 0 Å². The Morgan fingerprint density at radius 3 is 2.14 bits per heavy atom. The average Bonchev–Trinajstić information content (AvgIpc) is 2.37. The van der Waals surface area contributed by atoms with Gasteiger partial charge >= 0.3 is 12.1 Å². The number of alkyl halides is 3. The van der Waals surface area contributed by atoms with E-state index in [1.807, 2.05) is 0 Å². The van der Waals surface area contributed by atoms with Gasteiger partial charge < -0.3 is 5.11 Å². The maximum atomic E-state index is 12.4. The van der Waals surface area contributed by atoms with E-state index < -0.39 is 33.0 Å². The van der Waals surface area contributed by atoms with E-state index in [9.17, 15) is 26.4 Å². The number of carbonyl (C=O) groups is 1. The second-order valence-corrected chi connectivity index (χ2v) is 6.84. The van der Waals surface area contributed by atoms with E-state index in [2.05, 4.69) is 0 Å². The molecule has 1 aromatic carbocycles. The SMILES string of the molecule is CC(C(=O)O)S(=O)(=O)N(C)Cc1ccc(C(F)(F)F)cc1. The zero-order valence-electron chi connectivity index (χ0n) is 11.3. The van der Waals surface area contributed by atoms with E-state index in [-0.39, 0.29) is 6.54 Å². The molecule has 5 nitrogen and oxygen atoms in total. The Balaban J connectivity index is 2.89. The number of sulfonamides is 1. The van der Waals surface area contributed by atoms with Crippen molar-refractivity contribution in [2.75, 3.05) is 7.05 Å². The molecule has 9 heteroatoms. The molecule has 118 valence electrons. The fraction of sp³-hybridized carbons (Fsp3) is 0.417. The number of hydrogen-bond acceptors (Lipinski definition) is 3. The largest absolute Gasteiger partial charge is 0.480 e. The van der Waals surface area contributed by atoms with Gasteiger partial charge in [0.15, 0.2) is 5.25 Å². The lowest BCUT2D eigenvalue weighted by molar-refractivity contribution is -0.138. The smallest absolute Gasteiger partial charge is 0.416 e. The molecule has 21 heavy (non-hydrogen) atoms. The minimum Gasteiger partial charge on any atom is -0.480 e. The van der Waals surface area contributed by atoms with Crippen LogP contribution >= 0.6 is 0 Å². The zero-order chi connectivity index (χ0) is 16.4. The molecule has 0 aliphatic carbocycles. The van der Waals surface area contributed by atoms with Crippen LogP contribution in [-0.2, 0) is 27.5 Å². The fourth-order valence-electron chi connectivity index (χ4n) is 1.54. The van der Waals surface area contributed by atoms with Gasteiger partial charge in [0.25, 0.3) is 0 Å². The maximum Gasteiger partial charge on any atom is 0.416 e. The van der Waals surface area contributed by atoms with Gasteiger partial charge in [0.1, 0.15) is 0 Å². The van der Waals surface area contributed by atoms with Crippen molar-refractivity contribution >= 4 is 16.0 Å². The van der Waals surface area contributed by atoms with Crippen molar-refractivity contribution in [3.05, 3.63) is 35.4 Å². The third kappa shape index (κ3) is 4.18. The van der Waals surface area contributed by atoms with E-state index in [1.165, 1.54) is 7.05 Å². The summed E-state index contributed by atoms with van der Waals surface area (Å²) in [5, 5.41) is 7.10. The van der Waals surface area contributed by atoms with Crippen LogP contribution in [0.25, 0.3) is 0 Å². The van der Waals surface area contributed by atoms with E-state index in [0.717, 1.165) is 35.5 Å². The average molecular weight is 325 g/mol. The number of nitrogens with zero attached hydrogens (tertiary/aromatic N) is 1.